The maximum atomic E-state index is 12.4. The maximum Gasteiger partial charge on any atom is 0.226 e. The third kappa shape index (κ3) is 4.38. The Morgan fingerprint density at radius 2 is 2.00 bits per heavy atom. The van der Waals surface area contributed by atoms with Crippen LogP contribution in [0.25, 0.3) is 0 Å². The second-order valence-electron chi connectivity index (χ2n) is 6.47. The van der Waals surface area contributed by atoms with Gasteiger partial charge in [-0.2, -0.15) is 0 Å². The first-order valence-corrected chi connectivity index (χ1v) is 8.91. The van der Waals surface area contributed by atoms with E-state index >= 15 is 0 Å². The van der Waals surface area contributed by atoms with E-state index in [1.807, 2.05) is 51.1 Å². The van der Waals surface area contributed by atoms with Crippen molar-refractivity contribution in [2.45, 2.75) is 31.6 Å². The highest BCUT2D eigenvalue weighted by molar-refractivity contribution is 7.86. The van der Waals surface area contributed by atoms with Crippen LogP contribution in [0, 0.1) is 5.92 Å². The number of amides is 1. The third-order valence-electron chi connectivity index (χ3n) is 3.75. The van der Waals surface area contributed by atoms with E-state index in [-0.39, 0.29) is 22.6 Å². The molecule has 1 aliphatic rings. The van der Waals surface area contributed by atoms with Gasteiger partial charge in [-0.1, -0.05) is 30.3 Å². The molecular weight excluding hydrogens is 298 g/mol. The van der Waals surface area contributed by atoms with E-state index in [0.717, 1.165) is 5.56 Å². The molecule has 1 saturated heterocycles. The fourth-order valence-corrected chi connectivity index (χ4v) is 3.32. The number of nitrogens with one attached hydrogen (secondary N) is 3. The van der Waals surface area contributed by atoms with Gasteiger partial charge < -0.3 is 5.32 Å². The molecule has 0 aliphatic carbocycles. The van der Waals surface area contributed by atoms with E-state index in [1.54, 1.807) is 0 Å². The third-order valence-corrected chi connectivity index (χ3v) is 5.69. The van der Waals surface area contributed by atoms with Gasteiger partial charge in [0.25, 0.3) is 0 Å². The molecule has 1 heterocycles. The molecule has 1 fully saturated rings. The minimum Gasteiger partial charge on any atom is -0.355 e. The molecule has 0 aromatic heterocycles. The SMILES string of the molecule is CC(C)(C)S(=O)CCNC(=O)C1CNNC1c1ccccc1. The van der Waals surface area contributed by atoms with Gasteiger partial charge in [-0.05, 0) is 26.3 Å². The van der Waals surface area contributed by atoms with Crippen LogP contribution in [0.4, 0.5) is 0 Å². The fraction of sp³-hybridized carbons (Fsp3) is 0.562. The van der Waals surface area contributed by atoms with Crippen LogP contribution in [0.1, 0.15) is 32.4 Å². The number of benzene rings is 1. The van der Waals surface area contributed by atoms with Crippen LogP contribution in [0.15, 0.2) is 30.3 Å². The highest BCUT2D eigenvalue weighted by Gasteiger charge is 2.33. The van der Waals surface area contributed by atoms with Crippen molar-refractivity contribution in [3.63, 3.8) is 0 Å². The number of hydrogen-bond donors (Lipinski definition) is 3. The molecule has 1 aliphatic heterocycles. The minimum atomic E-state index is -0.946. The summed E-state index contributed by atoms with van der Waals surface area (Å²) in [4.78, 5) is 12.4. The molecular formula is C16H25N3O2S. The van der Waals surface area contributed by atoms with Gasteiger partial charge in [-0.25, -0.2) is 5.43 Å². The van der Waals surface area contributed by atoms with E-state index in [9.17, 15) is 9.00 Å². The zero-order valence-corrected chi connectivity index (χ0v) is 14.2. The van der Waals surface area contributed by atoms with E-state index in [4.69, 9.17) is 0 Å². The summed E-state index contributed by atoms with van der Waals surface area (Å²) in [6.45, 7) is 6.87. The number of hydrogen-bond acceptors (Lipinski definition) is 4. The molecule has 0 radical (unpaired) electrons. The lowest BCUT2D eigenvalue weighted by molar-refractivity contribution is -0.124. The highest BCUT2D eigenvalue weighted by Crippen LogP contribution is 2.24. The molecule has 5 nitrogen and oxygen atoms in total. The van der Waals surface area contributed by atoms with Gasteiger partial charge in [0.15, 0.2) is 0 Å². The molecule has 3 unspecified atom stereocenters. The molecule has 0 spiro atoms. The van der Waals surface area contributed by atoms with Gasteiger partial charge in [0.05, 0.1) is 12.0 Å². The van der Waals surface area contributed by atoms with Crippen molar-refractivity contribution in [2.75, 3.05) is 18.8 Å². The Balaban J connectivity index is 1.88. The normalized spacial score (nSPS) is 23.2. The van der Waals surface area contributed by atoms with Crippen molar-refractivity contribution in [3.8, 4) is 0 Å². The zero-order valence-electron chi connectivity index (χ0n) is 13.4. The summed E-state index contributed by atoms with van der Waals surface area (Å²) in [5, 5.41) is 2.92. The molecule has 3 N–H and O–H groups in total. The lowest BCUT2D eigenvalue weighted by Gasteiger charge is -2.20. The lowest BCUT2D eigenvalue weighted by atomic mass is 9.94. The lowest BCUT2D eigenvalue weighted by Crippen LogP contribution is -2.38. The molecule has 2 rings (SSSR count). The Kier molecular flexibility index (Phi) is 5.72. The average molecular weight is 323 g/mol. The summed E-state index contributed by atoms with van der Waals surface area (Å²) in [7, 11) is -0.946. The molecule has 1 aromatic carbocycles. The Morgan fingerprint density at radius 3 is 2.64 bits per heavy atom. The molecule has 0 bridgehead atoms. The Labute approximate surface area is 134 Å². The molecule has 0 saturated carbocycles. The van der Waals surface area contributed by atoms with Crippen molar-refractivity contribution in [1.29, 1.82) is 0 Å². The smallest absolute Gasteiger partial charge is 0.226 e. The molecule has 1 amide bonds. The van der Waals surface area contributed by atoms with Crippen LogP contribution in [-0.4, -0.2) is 33.7 Å². The van der Waals surface area contributed by atoms with Crippen molar-refractivity contribution >= 4 is 16.7 Å². The Morgan fingerprint density at radius 1 is 1.32 bits per heavy atom. The van der Waals surface area contributed by atoms with Crippen LogP contribution in [0.5, 0.6) is 0 Å². The van der Waals surface area contributed by atoms with E-state index in [1.165, 1.54) is 0 Å². The predicted molar refractivity (Wildman–Crippen MR) is 89.6 cm³/mol. The number of hydrazine groups is 1. The van der Waals surface area contributed by atoms with Crippen LogP contribution in [-0.2, 0) is 15.6 Å². The standard InChI is InChI=1S/C16H25N3O2S/c1-16(2,3)22(21)10-9-17-15(20)13-11-18-19-14(13)12-7-5-4-6-8-12/h4-8,13-14,18-19H,9-11H2,1-3H3,(H,17,20). The highest BCUT2D eigenvalue weighted by atomic mass is 32.2. The predicted octanol–water partition coefficient (Wildman–Crippen LogP) is 1.12. The fourth-order valence-electron chi connectivity index (χ4n) is 2.42. The maximum absolute atomic E-state index is 12.4. The largest absolute Gasteiger partial charge is 0.355 e. The minimum absolute atomic E-state index is 0.00253. The van der Waals surface area contributed by atoms with Crippen molar-refractivity contribution in [2.24, 2.45) is 5.92 Å². The number of rotatable bonds is 5. The second kappa shape index (κ2) is 7.35. The van der Waals surface area contributed by atoms with Gasteiger partial charge in [-0.3, -0.25) is 14.4 Å². The van der Waals surface area contributed by atoms with Crippen molar-refractivity contribution in [1.82, 2.24) is 16.2 Å². The molecule has 6 heteroatoms. The van der Waals surface area contributed by atoms with Crippen molar-refractivity contribution in [3.05, 3.63) is 35.9 Å². The number of carbonyl (C=O) groups is 1. The topological polar surface area (TPSA) is 70.2 Å². The first-order valence-electron chi connectivity index (χ1n) is 7.59. The molecule has 1 aromatic rings. The van der Waals surface area contributed by atoms with Gasteiger partial charge in [0, 0.05) is 34.4 Å². The van der Waals surface area contributed by atoms with Crippen LogP contribution < -0.4 is 16.2 Å². The molecule has 3 atom stereocenters. The van der Waals surface area contributed by atoms with Gasteiger partial charge in [0.1, 0.15) is 0 Å². The Bertz CT molecular complexity index is 528. The first kappa shape index (κ1) is 17.1. The summed E-state index contributed by atoms with van der Waals surface area (Å²) in [6.07, 6.45) is 0. The van der Waals surface area contributed by atoms with Gasteiger partial charge in [-0.15, -0.1) is 0 Å². The monoisotopic (exact) mass is 323 g/mol. The summed E-state index contributed by atoms with van der Waals surface area (Å²) >= 11 is 0. The molecule has 122 valence electrons. The van der Waals surface area contributed by atoms with E-state index < -0.39 is 10.8 Å². The molecule has 22 heavy (non-hydrogen) atoms. The summed E-state index contributed by atoms with van der Waals surface area (Å²) in [5.74, 6) is 0.321. The summed E-state index contributed by atoms with van der Waals surface area (Å²) in [6, 6.07) is 9.89. The van der Waals surface area contributed by atoms with Crippen LogP contribution >= 0.6 is 0 Å². The summed E-state index contributed by atoms with van der Waals surface area (Å²) in [5.41, 5.74) is 7.30. The van der Waals surface area contributed by atoms with E-state index in [2.05, 4.69) is 16.2 Å². The average Bonchev–Trinajstić information content (AvgIpc) is 2.96. The van der Waals surface area contributed by atoms with Crippen molar-refractivity contribution < 1.29 is 9.00 Å². The van der Waals surface area contributed by atoms with Gasteiger partial charge >= 0.3 is 0 Å². The first-order chi connectivity index (χ1) is 10.4. The Hall–Kier alpha value is -1.24. The quantitative estimate of drug-likeness (QED) is 0.759. The van der Waals surface area contributed by atoms with Gasteiger partial charge in [0.2, 0.25) is 5.91 Å². The zero-order chi connectivity index (χ0) is 16.2. The van der Waals surface area contributed by atoms with E-state index in [0.29, 0.717) is 18.8 Å². The van der Waals surface area contributed by atoms with Crippen LogP contribution in [0.2, 0.25) is 0 Å². The van der Waals surface area contributed by atoms with Crippen LogP contribution in [0.3, 0.4) is 0 Å². The number of carbonyl (C=O) groups excluding carboxylic acids is 1. The summed E-state index contributed by atoms with van der Waals surface area (Å²) < 4.78 is 11.7. The second-order valence-corrected chi connectivity index (χ2v) is 8.80.